The van der Waals surface area contributed by atoms with Gasteiger partial charge in [-0.25, -0.2) is 0 Å². The number of hydrogen-bond donors (Lipinski definition) is 1. The molecular weight excluding hydrogens is 202 g/mol. The fourth-order valence-corrected chi connectivity index (χ4v) is 2.53. The summed E-state index contributed by atoms with van der Waals surface area (Å²) in [7, 11) is 1.48. The lowest BCUT2D eigenvalue weighted by atomic mass is 9.91. The zero-order chi connectivity index (χ0) is 12.0. The number of methoxy groups -OCH3 is 1. The van der Waals surface area contributed by atoms with Crippen molar-refractivity contribution in [3.8, 4) is 0 Å². The van der Waals surface area contributed by atoms with E-state index in [1.807, 2.05) is 0 Å². The van der Waals surface area contributed by atoms with Gasteiger partial charge < -0.3 is 10.1 Å². The van der Waals surface area contributed by atoms with Crippen LogP contribution in [0.3, 0.4) is 0 Å². The van der Waals surface area contributed by atoms with Crippen molar-refractivity contribution in [3.63, 3.8) is 0 Å². The van der Waals surface area contributed by atoms with E-state index in [4.69, 9.17) is 4.74 Å². The molecule has 0 aromatic rings. The van der Waals surface area contributed by atoms with Gasteiger partial charge >= 0.3 is 5.97 Å². The predicted octanol–water partition coefficient (Wildman–Crippen LogP) is 2.50. The predicted molar refractivity (Wildman–Crippen MR) is 65.3 cm³/mol. The van der Waals surface area contributed by atoms with Crippen molar-refractivity contribution in [2.24, 2.45) is 5.92 Å². The van der Waals surface area contributed by atoms with E-state index in [2.05, 4.69) is 19.2 Å². The molecule has 1 aliphatic carbocycles. The van der Waals surface area contributed by atoms with Crippen molar-refractivity contribution in [3.05, 3.63) is 0 Å². The third kappa shape index (κ3) is 4.12. The Hall–Kier alpha value is -0.570. The maximum atomic E-state index is 11.8. The molecule has 3 nitrogen and oxygen atoms in total. The second-order valence-corrected chi connectivity index (χ2v) is 5.07. The van der Waals surface area contributed by atoms with Gasteiger partial charge in [0.15, 0.2) is 0 Å². The second-order valence-electron chi connectivity index (χ2n) is 5.07. The van der Waals surface area contributed by atoms with Crippen molar-refractivity contribution >= 4 is 5.97 Å². The van der Waals surface area contributed by atoms with Crippen molar-refractivity contribution in [1.29, 1.82) is 0 Å². The minimum absolute atomic E-state index is 0.0967. The van der Waals surface area contributed by atoms with Gasteiger partial charge in [0.2, 0.25) is 0 Å². The molecule has 0 aromatic carbocycles. The van der Waals surface area contributed by atoms with Crippen molar-refractivity contribution in [2.45, 2.75) is 64.5 Å². The molecule has 0 saturated heterocycles. The summed E-state index contributed by atoms with van der Waals surface area (Å²) in [6.45, 7) is 4.15. The first-order chi connectivity index (χ1) is 7.65. The summed E-state index contributed by atoms with van der Waals surface area (Å²) >= 11 is 0. The molecule has 1 fully saturated rings. The Labute approximate surface area is 98.9 Å². The summed E-state index contributed by atoms with van der Waals surface area (Å²) in [5.74, 6) is 0.359. The molecule has 16 heavy (non-hydrogen) atoms. The summed E-state index contributed by atoms with van der Waals surface area (Å²) in [5, 5.41) is 3.35. The number of esters is 1. The maximum Gasteiger partial charge on any atom is 0.323 e. The number of carbonyl (C=O) groups is 1. The molecule has 0 spiro atoms. The van der Waals surface area contributed by atoms with Crippen molar-refractivity contribution in [2.75, 3.05) is 7.11 Å². The molecule has 0 aromatic heterocycles. The smallest absolute Gasteiger partial charge is 0.323 e. The van der Waals surface area contributed by atoms with E-state index < -0.39 is 0 Å². The second kappa shape index (κ2) is 6.89. The van der Waals surface area contributed by atoms with E-state index in [9.17, 15) is 4.79 Å². The van der Waals surface area contributed by atoms with Crippen LogP contribution in [-0.2, 0) is 9.53 Å². The topological polar surface area (TPSA) is 38.3 Å². The quantitative estimate of drug-likeness (QED) is 0.592. The van der Waals surface area contributed by atoms with E-state index >= 15 is 0 Å². The molecule has 1 rings (SSSR count). The summed E-state index contributed by atoms with van der Waals surface area (Å²) in [4.78, 5) is 11.8. The Balaban J connectivity index is 2.61. The van der Waals surface area contributed by atoms with E-state index in [0.717, 1.165) is 12.8 Å². The Morgan fingerprint density at radius 3 is 2.19 bits per heavy atom. The van der Waals surface area contributed by atoms with Gasteiger partial charge in [-0.15, -0.1) is 0 Å². The van der Waals surface area contributed by atoms with Crippen LogP contribution in [0.15, 0.2) is 0 Å². The van der Waals surface area contributed by atoms with Gasteiger partial charge in [0, 0.05) is 6.04 Å². The van der Waals surface area contributed by atoms with Crippen molar-refractivity contribution < 1.29 is 9.53 Å². The summed E-state index contributed by atoms with van der Waals surface area (Å²) < 4.78 is 4.91. The lowest BCUT2D eigenvalue weighted by Gasteiger charge is -2.26. The molecule has 94 valence electrons. The van der Waals surface area contributed by atoms with Gasteiger partial charge in [0.1, 0.15) is 6.04 Å². The van der Waals surface area contributed by atoms with E-state index in [0.29, 0.717) is 12.0 Å². The van der Waals surface area contributed by atoms with Crippen LogP contribution in [0.5, 0.6) is 0 Å². The van der Waals surface area contributed by atoms with Crippen LogP contribution in [0.25, 0.3) is 0 Å². The minimum Gasteiger partial charge on any atom is -0.468 e. The number of hydrogen-bond acceptors (Lipinski definition) is 3. The van der Waals surface area contributed by atoms with Gasteiger partial charge in [0.05, 0.1) is 7.11 Å². The highest BCUT2D eigenvalue weighted by Crippen LogP contribution is 2.26. The normalized spacial score (nSPS) is 20.5. The molecule has 0 aliphatic heterocycles. The van der Waals surface area contributed by atoms with Crippen LogP contribution in [0.4, 0.5) is 0 Å². The monoisotopic (exact) mass is 227 g/mol. The van der Waals surface area contributed by atoms with Gasteiger partial charge in [-0.2, -0.15) is 0 Å². The summed E-state index contributed by atoms with van der Waals surface area (Å²) in [5.41, 5.74) is 0. The molecule has 1 atom stereocenters. The fraction of sp³-hybridized carbons (Fsp3) is 0.923. The zero-order valence-corrected chi connectivity index (χ0v) is 10.8. The fourth-order valence-electron chi connectivity index (χ4n) is 2.53. The molecule has 1 N–H and O–H groups in total. The third-order valence-corrected chi connectivity index (χ3v) is 3.34. The molecule has 1 saturated carbocycles. The van der Waals surface area contributed by atoms with E-state index in [-0.39, 0.29) is 12.0 Å². The Bertz CT molecular complexity index is 208. The highest BCUT2D eigenvalue weighted by molar-refractivity contribution is 5.76. The number of ether oxygens (including phenoxy) is 1. The lowest BCUT2D eigenvalue weighted by Crippen LogP contribution is -2.46. The average Bonchev–Trinajstić information content (AvgIpc) is 2.53. The number of carbonyl (C=O) groups excluding carboxylic acids is 1. The van der Waals surface area contributed by atoms with Gasteiger partial charge in [-0.05, 0) is 18.8 Å². The van der Waals surface area contributed by atoms with Crippen LogP contribution >= 0.6 is 0 Å². The Morgan fingerprint density at radius 2 is 1.75 bits per heavy atom. The largest absolute Gasteiger partial charge is 0.468 e. The SMILES string of the molecule is COC(=O)C(NC(C)C)C1CCCCCC1. The van der Waals surface area contributed by atoms with E-state index in [1.54, 1.807) is 0 Å². The minimum atomic E-state index is -0.108. The third-order valence-electron chi connectivity index (χ3n) is 3.34. The standard InChI is InChI=1S/C13H25NO2/c1-10(2)14-12(13(15)16-3)11-8-6-4-5-7-9-11/h10-12,14H,4-9H2,1-3H3. The van der Waals surface area contributed by atoms with Crippen LogP contribution in [0.2, 0.25) is 0 Å². The zero-order valence-electron chi connectivity index (χ0n) is 10.8. The molecule has 0 radical (unpaired) electrons. The lowest BCUT2D eigenvalue weighted by molar-refractivity contribution is -0.145. The molecule has 1 unspecified atom stereocenters. The first kappa shape index (κ1) is 13.5. The number of rotatable bonds is 4. The average molecular weight is 227 g/mol. The molecule has 3 heteroatoms. The highest BCUT2D eigenvalue weighted by Gasteiger charge is 2.29. The molecule has 0 bridgehead atoms. The van der Waals surface area contributed by atoms with Crippen molar-refractivity contribution in [1.82, 2.24) is 5.32 Å². The molecular formula is C13H25NO2. The van der Waals surface area contributed by atoms with Crippen LogP contribution < -0.4 is 5.32 Å². The maximum absolute atomic E-state index is 11.8. The Kier molecular flexibility index (Phi) is 5.81. The molecule has 0 heterocycles. The van der Waals surface area contributed by atoms with Crippen LogP contribution in [0, 0.1) is 5.92 Å². The van der Waals surface area contributed by atoms with Gasteiger partial charge in [0.25, 0.3) is 0 Å². The first-order valence-electron chi connectivity index (χ1n) is 6.49. The van der Waals surface area contributed by atoms with Crippen LogP contribution in [-0.4, -0.2) is 25.2 Å². The molecule has 1 aliphatic rings. The number of nitrogens with one attached hydrogen (secondary N) is 1. The highest BCUT2D eigenvalue weighted by atomic mass is 16.5. The van der Waals surface area contributed by atoms with Gasteiger partial charge in [-0.3, -0.25) is 4.79 Å². The van der Waals surface area contributed by atoms with Gasteiger partial charge in [-0.1, -0.05) is 39.5 Å². The Morgan fingerprint density at radius 1 is 1.19 bits per heavy atom. The van der Waals surface area contributed by atoms with E-state index in [1.165, 1.54) is 32.8 Å². The molecule has 0 amide bonds. The van der Waals surface area contributed by atoms with Crippen LogP contribution in [0.1, 0.15) is 52.4 Å². The summed E-state index contributed by atoms with van der Waals surface area (Å²) in [6, 6.07) is 0.218. The first-order valence-corrected chi connectivity index (χ1v) is 6.49. The summed E-state index contributed by atoms with van der Waals surface area (Å²) in [6.07, 6.45) is 7.42.